The van der Waals surface area contributed by atoms with E-state index >= 15 is 0 Å². The Bertz CT molecular complexity index is 1280. The third kappa shape index (κ3) is 4.12. The second kappa shape index (κ2) is 9.39. The molecule has 0 aliphatic carbocycles. The minimum absolute atomic E-state index is 0.0186. The molecule has 1 aliphatic heterocycles. The second-order valence-electron chi connectivity index (χ2n) is 8.21. The number of aliphatic hydroxyl groups excluding tert-OH is 1. The molecule has 1 fully saturated rings. The molecule has 1 aromatic heterocycles. The molecule has 1 N–H and O–H groups in total. The largest absolute Gasteiger partial charge is 0.507 e. The standard InChI is InChI=1S/C27H26N2O5/c1-16-7-8-17(2)19(12-16)15-29-24(18-6-5-11-28-14-18)23(26(31)27(29)32)25(30)21-13-20(33-3)9-10-22(21)34-4/h5-14,24,30H,15H2,1-4H3/b25-23+. The minimum atomic E-state index is -0.815. The average molecular weight is 459 g/mol. The Labute approximate surface area is 198 Å². The topological polar surface area (TPSA) is 89.0 Å². The van der Waals surface area contributed by atoms with Gasteiger partial charge in [0.2, 0.25) is 0 Å². The number of benzene rings is 2. The van der Waals surface area contributed by atoms with Gasteiger partial charge in [-0.1, -0.05) is 29.8 Å². The van der Waals surface area contributed by atoms with Crippen LogP contribution in [0.3, 0.4) is 0 Å². The number of carbonyl (C=O) groups excluding carboxylic acids is 2. The van der Waals surface area contributed by atoms with Crippen LogP contribution in [0.1, 0.15) is 33.9 Å². The molecule has 0 radical (unpaired) electrons. The normalized spacial score (nSPS) is 17.2. The summed E-state index contributed by atoms with van der Waals surface area (Å²) < 4.78 is 10.7. The smallest absolute Gasteiger partial charge is 0.295 e. The number of likely N-dealkylation sites (tertiary alicyclic amines) is 1. The first-order chi connectivity index (χ1) is 16.3. The highest BCUT2D eigenvalue weighted by Crippen LogP contribution is 2.42. The van der Waals surface area contributed by atoms with Gasteiger partial charge < -0.3 is 19.5 Å². The Hall–Kier alpha value is -4.13. The zero-order chi connectivity index (χ0) is 24.4. The zero-order valence-electron chi connectivity index (χ0n) is 19.5. The summed E-state index contributed by atoms with van der Waals surface area (Å²) in [6.45, 7) is 4.15. The first-order valence-electron chi connectivity index (χ1n) is 10.8. The summed E-state index contributed by atoms with van der Waals surface area (Å²) in [5.41, 5.74) is 3.85. The number of ether oxygens (including phenoxy) is 2. The van der Waals surface area contributed by atoms with Crippen molar-refractivity contribution >= 4 is 17.4 Å². The molecule has 7 heteroatoms. The maximum Gasteiger partial charge on any atom is 0.295 e. The fourth-order valence-corrected chi connectivity index (χ4v) is 4.23. The van der Waals surface area contributed by atoms with Crippen LogP contribution in [-0.2, 0) is 16.1 Å². The van der Waals surface area contributed by atoms with Gasteiger partial charge in [0.05, 0.1) is 31.4 Å². The van der Waals surface area contributed by atoms with Gasteiger partial charge in [-0.3, -0.25) is 14.6 Å². The molecular weight excluding hydrogens is 432 g/mol. The molecule has 1 saturated heterocycles. The van der Waals surface area contributed by atoms with E-state index in [1.807, 2.05) is 32.0 Å². The lowest BCUT2D eigenvalue weighted by Gasteiger charge is -2.26. The first kappa shape index (κ1) is 23.0. The van der Waals surface area contributed by atoms with Crippen molar-refractivity contribution in [2.75, 3.05) is 14.2 Å². The third-order valence-electron chi connectivity index (χ3n) is 6.05. The number of nitrogens with zero attached hydrogens (tertiary/aromatic N) is 2. The van der Waals surface area contributed by atoms with E-state index < -0.39 is 17.7 Å². The third-order valence-corrected chi connectivity index (χ3v) is 6.05. The molecule has 0 bridgehead atoms. The summed E-state index contributed by atoms with van der Waals surface area (Å²) >= 11 is 0. The van der Waals surface area contributed by atoms with Crippen molar-refractivity contribution < 1.29 is 24.2 Å². The molecule has 3 aromatic rings. The molecule has 34 heavy (non-hydrogen) atoms. The number of hydrogen-bond donors (Lipinski definition) is 1. The number of methoxy groups -OCH3 is 2. The highest BCUT2D eigenvalue weighted by Gasteiger charge is 2.46. The number of pyridine rings is 1. The van der Waals surface area contributed by atoms with Crippen LogP contribution in [0, 0.1) is 13.8 Å². The number of carbonyl (C=O) groups is 2. The van der Waals surface area contributed by atoms with Crippen LogP contribution >= 0.6 is 0 Å². The lowest BCUT2D eigenvalue weighted by atomic mass is 9.95. The summed E-state index contributed by atoms with van der Waals surface area (Å²) in [4.78, 5) is 32.2. The zero-order valence-corrected chi connectivity index (χ0v) is 19.5. The summed E-state index contributed by atoms with van der Waals surface area (Å²) in [5, 5.41) is 11.4. The molecule has 1 aliphatic rings. The molecule has 0 saturated carbocycles. The summed E-state index contributed by atoms with van der Waals surface area (Å²) in [6, 6.07) is 13.6. The molecule has 2 heterocycles. The molecular formula is C27H26N2O5. The number of aryl methyl sites for hydroxylation is 2. The fourth-order valence-electron chi connectivity index (χ4n) is 4.23. The molecule has 7 nitrogen and oxygen atoms in total. The van der Waals surface area contributed by atoms with Crippen LogP contribution < -0.4 is 9.47 Å². The van der Waals surface area contributed by atoms with Crippen molar-refractivity contribution in [1.29, 1.82) is 0 Å². The first-order valence-corrected chi connectivity index (χ1v) is 10.8. The molecule has 1 unspecified atom stereocenters. The van der Waals surface area contributed by atoms with Gasteiger partial charge in [-0.15, -0.1) is 0 Å². The van der Waals surface area contributed by atoms with Crippen LogP contribution in [0.5, 0.6) is 11.5 Å². The van der Waals surface area contributed by atoms with Gasteiger partial charge in [0, 0.05) is 18.9 Å². The maximum atomic E-state index is 13.3. The van der Waals surface area contributed by atoms with E-state index in [0.717, 1.165) is 16.7 Å². The predicted molar refractivity (Wildman–Crippen MR) is 128 cm³/mol. The van der Waals surface area contributed by atoms with Gasteiger partial charge in [0.1, 0.15) is 17.3 Å². The number of ketones is 1. The van der Waals surface area contributed by atoms with Crippen molar-refractivity contribution in [3.63, 3.8) is 0 Å². The monoisotopic (exact) mass is 458 g/mol. The van der Waals surface area contributed by atoms with Crippen LogP contribution in [0.4, 0.5) is 0 Å². The van der Waals surface area contributed by atoms with Gasteiger partial charge in [-0.25, -0.2) is 0 Å². The maximum absolute atomic E-state index is 13.3. The minimum Gasteiger partial charge on any atom is -0.507 e. The van der Waals surface area contributed by atoms with E-state index in [1.165, 1.54) is 19.1 Å². The lowest BCUT2D eigenvalue weighted by molar-refractivity contribution is -0.140. The predicted octanol–water partition coefficient (Wildman–Crippen LogP) is 4.34. The van der Waals surface area contributed by atoms with Crippen LogP contribution in [0.2, 0.25) is 0 Å². The van der Waals surface area contributed by atoms with Gasteiger partial charge in [0.15, 0.2) is 0 Å². The van der Waals surface area contributed by atoms with E-state index in [0.29, 0.717) is 17.1 Å². The van der Waals surface area contributed by atoms with Crippen molar-refractivity contribution in [3.05, 3.63) is 94.3 Å². The van der Waals surface area contributed by atoms with Crippen molar-refractivity contribution in [1.82, 2.24) is 9.88 Å². The molecule has 4 rings (SSSR count). The van der Waals surface area contributed by atoms with E-state index in [2.05, 4.69) is 4.98 Å². The molecule has 1 amide bonds. The number of amides is 1. The average Bonchev–Trinajstić information content (AvgIpc) is 3.10. The number of Topliss-reactive ketones (excluding diaryl/α,β-unsaturated/α-hetero) is 1. The molecule has 0 spiro atoms. The van der Waals surface area contributed by atoms with Gasteiger partial charge >= 0.3 is 0 Å². The van der Waals surface area contributed by atoms with Crippen molar-refractivity contribution in [2.24, 2.45) is 0 Å². The number of rotatable bonds is 6. The summed E-state index contributed by atoms with van der Waals surface area (Å²) in [5.74, 6) is -0.944. The molecule has 2 aromatic carbocycles. The Morgan fingerprint density at radius 2 is 1.85 bits per heavy atom. The Balaban J connectivity index is 1.91. The van der Waals surface area contributed by atoms with Crippen molar-refractivity contribution in [3.8, 4) is 11.5 Å². The van der Waals surface area contributed by atoms with Crippen LogP contribution in [0.15, 0.2) is 66.5 Å². The highest BCUT2D eigenvalue weighted by atomic mass is 16.5. The van der Waals surface area contributed by atoms with E-state index in [1.54, 1.807) is 42.7 Å². The van der Waals surface area contributed by atoms with Crippen LogP contribution in [0.25, 0.3) is 5.76 Å². The lowest BCUT2D eigenvalue weighted by Crippen LogP contribution is -2.29. The molecule has 174 valence electrons. The number of aliphatic hydroxyl groups is 1. The van der Waals surface area contributed by atoms with E-state index in [-0.39, 0.29) is 23.4 Å². The number of aromatic nitrogens is 1. The van der Waals surface area contributed by atoms with Crippen molar-refractivity contribution in [2.45, 2.75) is 26.4 Å². The number of hydrogen-bond acceptors (Lipinski definition) is 6. The second-order valence-corrected chi connectivity index (χ2v) is 8.21. The Morgan fingerprint density at radius 1 is 1.06 bits per heavy atom. The molecule has 1 atom stereocenters. The van der Waals surface area contributed by atoms with Gasteiger partial charge in [-0.05, 0) is 54.8 Å². The van der Waals surface area contributed by atoms with Gasteiger partial charge in [-0.2, -0.15) is 0 Å². The van der Waals surface area contributed by atoms with E-state index in [4.69, 9.17) is 9.47 Å². The Morgan fingerprint density at radius 3 is 2.53 bits per heavy atom. The highest BCUT2D eigenvalue weighted by molar-refractivity contribution is 6.46. The van der Waals surface area contributed by atoms with Gasteiger partial charge in [0.25, 0.3) is 11.7 Å². The quantitative estimate of drug-likeness (QED) is 0.336. The van der Waals surface area contributed by atoms with Crippen LogP contribution in [-0.4, -0.2) is 40.9 Å². The SMILES string of the molecule is COc1ccc(OC)c(/C(O)=C2\C(=O)C(=O)N(Cc3cc(C)ccc3C)C2c2cccnc2)c1. The summed E-state index contributed by atoms with van der Waals surface area (Å²) in [7, 11) is 2.97. The summed E-state index contributed by atoms with van der Waals surface area (Å²) in [6.07, 6.45) is 3.22. The Kier molecular flexibility index (Phi) is 6.36. The van der Waals surface area contributed by atoms with E-state index in [9.17, 15) is 14.7 Å². The fraction of sp³-hybridized carbons (Fsp3) is 0.222.